The molecule has 0 bridgehead atoms. The third-order valence-corrected chi connectivity index (χ3v) is 2.37. The van der Waals surface area contributed by atoms with E-state index >= 15 is 0 Å². The van der Waals surface area contributed by atoms with Crippen LogP contribution in [-0.2, 0) is 0 Å². The second kappa shape index (κ2) is 3.60. The number of pyridine rings is 1. The van der Waals surface area contributed by atoms with E-state index in [1.807, 2.05) is 13.0 Å². The van der Waals surface area contributed by atoms with Crippen LogP contribution in [0.15, 0.2) is 12.1 Å². The summed E-state index contributed by atoms with van der Waals surface area (Å²) in [6.45, 7) is 6.33. The summed E-state index contributed by atoms with van der Waals surface area (Å²) >= 11 is 0. The Kier molecular flexibility index (Phi) is 2.44. The maximum Gasteiger partial charge on any atom is 0.123 e. The molecule has 1 saturated carbocycles. The van der Waals surface area contributed by atoms with Gasteiger partial charge in [-0.25, -0.2) is 0 Å². The Balaban J connectivity index is 2.21. The molecule has 1 heterocycles. The molecule has 0 spiro atoms. The lowest BCUT2D eigenvalue weighted by atomic mass is 10.1. The van der Waals surface area contributed by atoms with Crippen LogP contribution in [0.25, 0.3) is 0 Å². The molecule has 1 fully saturated rings. The third kappa shape index (κ3) is 2.25. The number of nitrogens with zero attached hydrogens (tertiary/aromatic N) is 1. The summed E-state index contributed by atoms with van der Waals surface area (Å²) in [6.07, 6.45) is 2.88. The zero-order valence-corrected chi connectivity index (χ0v) is 9.08. The molecule has 76 valence electrons. The first-order chi connectivity index (χ1) is 6.65. The normalized spacial score (nSPS) is 16.0. The number of rotatable bonds is 3. The first kappa shape index (κ1) is 9.50. The van der Waals surface area contributed by atoms with Gasteiger partial charge in [0.2, 0.25) is 0 Å². The zero-order chi connectivity index (χ0) is 10.1. The Labute approximate surface area is 85.3 Å². The van der Waals surface area contributed by atoms with Crippen LogP contribution in [0.4, 0.5) is 0 Å². The zero-order valence-electron chi connectivity index (χ0n) is 9.08. The molecular weight excluding hydrogens is 174 g/mol. The molecule has 2 nitrogen and oxygen atoms in total. The highest BCUT2D eigenvalue weighted by Gasteiger charge is 2.23. The van der Waals surface area contributed by atoms with E-state index < -0.39 is 0 Å². The Morgan fingerprint density at radius 2 is 2.07 bits per heavy atom. The molecule has 14 heavy (non-hydrogen) atoms. The van der Waals surface area contributed by atoms with Crippen molar-refractivity contribution in [2.24, 2.45) is 0 Å². The lowest BCUT2D eigenvalue weighted by Gasteiger charge is -2.10. The Bertz CT molecular complexity index is 329. The molecule has 0 N–H and O–H groups in total. The van der Waals surface area contributed by atoms with Crippen LogP contribution >= 0.6 is 0 Å². The summed E-state index contributed by atoms with van der Waals surface area (Å²) in [7, 11) is 0. The smallest absolute Gasteiger partial charge is 0.123 e. The van der Waals surface area contributed by atoms with Crippen molar-refractivity contribution >= 4 is 0 Å². The number of ether oxygens (including phenoxy) is 1. The molecule has 0 saturated heterocycles. The molecule has 0 aliphatic heterocycles. The molecule has 1 aromatic heterocycles. The van der Waals surface area contributed by atoms with Gasteiger partial charge in [0, 0.05) is 23.5 Å². The molecule has 2 rings (SSSR count). The van der Waals surface area contributed by atoms with Gasteiger partial charge in [-0.05, 0) is 25.7 Å². The third-order valence-electron chi connectivity index (χ3n) is 2.37. The standard InChI is InChI=1S/C12H17NO/c1-8(2)12-7-11(6-9(3)13-12)14-10-4-5-10/h6-8,10H,4-5H2,1-3H3. The highest BCUT2D eigenvalue weighted by atomic mass is 16.5. The summed E-state index contributed by atoms with van der Waals surface area (Å²) in [6, 6.07) is 4.08. The van der Waals surface area contributed by atoms with Crippen LogP contribution in [0.1, 0.15) is 44.0 Å². The summed E-state index contributed by atoms with van der Waals surface area (Å²) in [5, 5.41) is 0. The van der Waals surface area contributed by atoms with E-state index in [1.165, 1.54) is 12.8 Å². The summed E-state index contributed by atoms with van der Waals surface area (Å²) in [5.74, 6) is 1.46. The molecule has 1 aliphatic carbocycles. The minimum atomic E-state index is 0.469. The first-order valence-electron chi connectivity index (χ1n) is 5.30. The van der Waals surface area contributed by atoms with Crippen molar-refractivity contribution in [1.82, 2.24) is 4.98 Å². The summed E-state index contributed by atoms with van der Waals surface area (Å²) in [5.41, 5.74) is 2.17. The first-order valence-corrected chi connectivity index (χ1v) is 5.30. The minimum absolute atomic E-state index is 0.469. The lowest BCUT2D eigenvalue weighted by molar-refractivity contribution is 0.302. The van der Waals surface area contributed by atoms with Crippen molar-refractivity contribution in [2.45, 2.75) is 45.6 Å². The van der Waals surface area contributed by atoms with Gasteiger partial charge in [-0.1, -0.05) is 13.8 Å². The van der Waals surface area contributed by atoms with E-state index in [0.29, 0.717) is 12.0 Å². The predicted octanol–water partition coefficient (Wildman–Crippen LogP) is 3.05. The highest BCUT2D eigenvalue weighted by Crippen LogP contribution is 2.28. The fourth-order valence-corrected chi connectivity index (χ4v) is 1.40. The highest BCUT2D eigenvalue weighted by molar-refractivity contribution is 5.28. The molecule has 0 unspecified atom stereocenters. The average molecular weight is 191 g/mol. The number of hydrogen-bond acceptors (Lipinski definition) is 2. The predicted molar refractivity (Wildman–Crippen MR) is 56.7 cm³/mol. The quantitative estimate of drug-likeness (QED) is 0.732. The molecular formula is C12H17NO. The van der Waals surface area contributed by atoms with Crippen molar-refractivity contribution in [2.75, 3.05) is 0 Å². The van der Waals surface area contributed by atoms with E-state index in [-0.39, 0.29) is 0 Å². The molecule has 1 aliphatic rings. The van der Waals surface area contributed by atoms with Gasteiger partial charge in [-0.3, -0.25) is 4.98 Å². The number of aryl methyl sites for hydroxylation is 1. The van der Waals surface area contributed by atoms with Crippen LogP contribution in [0.5, 0.6) is 5.75 Å². The minimum Gasteiger partial charge on any atom is -0.490 e. The second-order valence-electron chi connectivity index (χ2n) is 4.34. The fourth-order valence-electron chi connectivity index (χ4n) is 1.40. The van der Waals surface area contributed by atoms with Gasteiger partial charge in [0.05, 0.1) is 6.10 Å². The van der Waals surface area contributed by atoms with Crippen LogP contribution in [0, 0.1) is 6.92 Å². The molecule has 0 atom stereocenters. The topological polar surface area (TPSA) is 22.1 Å². The van der Waals surface area contributed by atoms with E-state index in [1.54, 1.807) is 0 Å². The SMILES string of the molecule is Cc1cc(OC2CC2)cc(C(C)C)n1. The van der Waals surface area contributed by atoms with E-state index in [4.69, 9.17) is 4.74 Å². The van der Waals surface area contributed by atoms with Crippen molar-refractivity contribution in [3.8, 4) is 5.75 Å². The number of hydrogen-bond donors (Lipinski definition) is 0. The second-order valence-corrected chi connectivity index (χ2v) is 4.34. The monoisotopic (exact) mass is 191 g/mol. The lowest BCUT2D eigenvalue weighted by Crippen LogP contribution is -2.00. The van der Waals surface area contributed by atoms with Crippen molar-refractivity contribution in [1.29, 1.82) is 0 Å². The Hall–Kier alpha value is -1.05. The Morgan fingerprint density at radius 3 is 2.64 bits per heavy atom. The van der Waals surface area contributed by atoms with Gasteiger partial charge in [0.15, 0.2) is 0 Å². The molecule has 0 radical (unpaired) electrons. The van der Waals surface area contributed by atoms with Gasteiger partial charge in [0.25, 0.3) is 0 Å². The molecule has 2 heteroatoms. The van der Waals surface area contributed by atoms with Crippen molar-refractivity contribution in [3.05, 3.63) is 23.5 Å². The molecule has 0 aromatic carbocycles. The van der Waals surface area contributed by atoms with E-state index in [2.05, 4.69) is 24.9 Å². The summed E-state index contributed by atoms with van der Waals surface area (Å²) in [4.78, 5) is 4.48. The summed E-state index contributed by atoms with van der Waals surface area (Å²) < 4.78 is 5.76. The van der Waals surface area contributed by atoms with Crippen LogP contribution in [0.3, 0.4) is 0 Å². The van der Waals surface area contributed by atoms with Gasteiger partial charge in [0.1, 0.15) is 5.75 Å². The average Bonchev–Trinajstić information content (AvgIpc) is 2.87. The van der Waals surface area contributed by atoms with E-state index in [9.17, 15) is 0 Å². The van der Waals surface area contributed by atoms with Gasteiger partial charge < -0.3 is 4.74 Å². The Morgan fingerprint density at radius 1 is 1.36 bits per heavy atom. The maximum absolute atomic E-state index is 5.76. The maximum atomic E-state index is 5.76. The van der Waals surface area contributed by atoms with Crippen LogP contribution in [-0.4, -0.2) is 11.1 Å². The van der Waals surface area contributed by atoms with Crippen LogP contribution < -0.4 is 4.74 Å². The fraction of sp³-hybridized carbons (Fsp3) is 0.583. The van der Waals surface area contributed by atoms with Crippen molar-refractivity contribution < 1.29 is 4.74 Å². The van der Waals surface area contributed by atoms with Gasteiger partial charge in [-0.15, -0.1) is 0 Å². The van der Waals surface area contributed by atoms with Gasteiger partial charge in [-0.2, -0.15) is 0 Å². The van der Waals surface area contributed by atoms with Crippen LogP contribution in [0.2, 0.25) is 0 Å². The van der Waals surface area contributed by atoms with E-state index in [0.717, 1.165) is 17.1 Å². The van der Waals surface area contributed by atoms with Crippen molar-refractivity contribution in [3.63, 3.8) is 0 Å². The largest absolute Gasteiger partial charge is 0.490 e. The van der Waals surface area contributed by atoms with Gasteiger partial charge >= 0.3 is 0 Å². The number of aromatic nitrogens is 1. The molecule has 0 amide bonds. The molecule has 1 aromatic rings.